The van der Waals surface area contributed by atoms with E-state index >= 15 is 0 Å². The minimum Gasteiger partial charge on any atom is -0.395 e. The Morgan fingerprint density at radius 2 is 2.21 bits per heavy atom. The van der Waals surface area contributed by atoms with Crippen molar-refractivity contribution < 1.29 is 14.3 Å². The average Bonchev–Trinajstić information content (AvgIpc) is 2.60. The highest BCUT2D eigenvalue weighted by molar-refractivity contribution is 5.75. The first-order valence-electron chi connectivity index (χ1n) is 7.59. The summed E-state index contributed by atoms with van der Waals surface area (Å²) < 4.78 is 13.6. The Bertz CT molecular complexity index is 679. The molecule has 2 N–H and O–H groups in total. The summed E-state index contributed by atoms with van der Waals surface area (Å²) in [6, 6.07) is 10.4. The molecule has 24 heavy (non-hydrogen) atoms. The standard InChI is InChI=1S/C18H20FN3O2/c1-2-10-22(11-12-23)18(24)21-17(16-8-3-4-9-20-16)14-6-5-7-15(19)13-14/h2-9,13,17,23H,1,10-12H2,(H,21,24). The van der Waals surface area contributed by atoms with E-state index in [1.54, 1.807) is 42.6 Å². The average molecular weight is 329 g/mol. The van der Waals surface area contributed by atoms with Gasteiger partial charge in [-0.3, -0.25) is 4.98 Å². The van der Waals surface area contributed by atoms with Crippen LogP contribution in [0.2, 0.25) is 0 Å². The van der Waals surface area contributed by atoms with Gasteiger partial charge in [-0.2, -0.15) is 0 Å². The second-order valence-corrected chi connectivity index (χ2v) is 5.15. The molecule has 1 atom stereocenters. The lowest BCUT2D eigenvalue weighted by atomic mass is 10.0. The minimum absolute atomic E-state index is 0.157. The highest BCUT2D eigenvalue weighted by Crippen LogP contribution is 2.21. The maximum Gasteiger partial charge on any atom is 0.318 e. The first-order chi connectivity index (χ1) is 11.7. The molecule has 0 aliphatic rings. The largest absolute Gasteiger partial charge is 0.395 e. The number of rotatable bonds is 7. The second-order valence-electron chi connectivity index (χ2n) is 5.15. The monoisotopic (exact) mass is 329 g/mol. The minimum atomic E-state index is -0.597. The maximum absolute atomic E-state index is 13.6. The number of hydrogen-bond acceptors (Lipinski definition) is 3. The van der Waals surface area contributed by atoms with Gasteiger partial charge in [-0.25, -0.2) is 9.18 Å². The van der Waals surface area contributed by atoms with Crippen molar-refractivity contribution in [3.05, 3.63) is 78.4 Å². The van der Waals surface area contributed by atoms with E-state index in [1.807, 2.05) is 0 Å². The number of carbonyl (C=O) groups excluding carboxylic acids is 1. The third kappa shape index (κ3) is 4.63. The highest BCUT2D eigenvalue weighted by Gasteiger charge is 2.21. The quantitative estimate of drug-likeness (QED) is 0.767. The van der Waals surface area contributed by atoms with Crippen LogP contribution in [0.1, 0.15) is 17.3 Å². The lowest BCUT2D eigenvalue weighted by molar-refractivity contribution is 0.181. The van der Waals surface area contributed by atoms with Crippen molar-refractivity contribution in [2.24, 2.45) is 0 Å². The van der Waals surface area contributed by atoms with Crippen molar-refractivity contribution in [1.82, 2.24) is 15.2 Å². The molecule has 2 aromatic rings. The Morgan fingerprint density at radius 3 is 2.83 bits per heavy atom. The topological polar surface area (TPSA) is 65.5 Å². The lowest BCUT2D eigenvalue weighted by Crippen LogP contribution is -2.43. The van der Waals surface area contributed by atoms with E-state index in [2.05, 4.69) is 16.9 Å². The van der Waals surface area contributed by atoms with Crippen LogP contribution in [0.4, 0.5) is 9.18 Å². The van der Waals surface area contributed by atoms with Crippen LogP contribution in [-0.4, -0.2) is 40.7 Å². The van der Waals surface area contributed by atoms with E-state index in [1.165, 1.54) is 17.0 Å². The zero-order chi connectivity index (χ0) is 17.4. The van der Waals surface area contributed by atoms with Crippen molar-refractivity contribution >= 4 is 6.03 Å². The normalized spacial score (nSPS) is 11.6. The molecule has 0 radical (unpaired) electrons. The van der Waals surface area contributed by atoms with Gasteiger partial charge < -0.3 is 15.3 Å². The Hall–Kier alpha value is -2.73. The summed E-state index contributed by atoms with van der Waals surface area (Å²) in [6.07, 6.45) is 3.19. The number of halogens is 1. The predicted molar refractivity (Wildman–Crippen MR) is 89.9 cm³/mol. The van der Waals surface area contributed by atoms with Gasteiger partial charge in [-0.1, -0.05) is 24.3 Å². The number of aromatic nitrogens is 1. The molecule has 0 saturated carbocycles. The van der Waals surface area contributed by atoms with Crippen molar-refractivity contribution in [3.8, 4) is 0 Å². The summed E-state index contributed by atoms with van der Waals surface area (Å²) in [5.74, 6) is -0.388. The molecule has 0 saturated heterocycles. The molecule has 2 rings (SSSR count). The molecule has 0 spiro atoms. The molecule has 5 nitrogen and oxygen atoms in total. The van der Waals surface area contributed by atoms with E-state index in [0.717, 1.165) is 0 Å². The number of urea groups is 1. The van der Waals surface area contributed by atoms with Gasteiger partial charge in [0.25, 0.3) is 0 Å². The van der Waals surface area contributed by atoms with E-state index in [4.69, 9.17) is 5.11 Å². The fourth-order valence-electron chi connectivity index (χ4n) is 2.33. The van der Waals surface area contributed by atoms with E-state index in [9.17, 15) is 9.18 Å². The number of amides is 2. The van der Waals surface area contributed by atoms with Crippen LogP contribution in [0.5, 0.6) is 0 Å². The van der Waals surface area contributed by atoms with Gasteiger partial charge >= 0.3 is 6.03 Å². The molecule has 1 unspecified atom stereocenters. The summed E-state index contributed by atoms with van der Waals surface area (Å²) in [5, 5.41) is 11.9. The first-order valence-corrected chi connectivity index (χ1v) is 7.59. The van der Waals surface area contributed by atoms with Crippen molar-refractivity contribution in [2.75, 3.05) is 19.7 Å². The Morgan fingerprint density at radius 1 is 1.38 bits per heavy atom. The number of nitrogens with zero attached hydrogens (tertiary/aromatic N) is 2. The summed E-state index contributed by atoms with van der Waals surface area (Å²) in [4.78, 5) is 18.2. The Kier molecular flexibility index (Phi) is 6.45. The summed E-state index contributed by atoms with van der Waals surface area (Å²) in [5.41, 5.74) is 1.18. The molecule has 0 aliphatic carbocycles. The number of benzene rings is 1. The van der Waals surface area contributed by atoms with Crippen LogP contribution >= 0.6 is 0 Å². The number of hydrogen-bond donors (Lipinski definition) is 2. The molecule has 6 heteroatoms. The summed E-state index contributed by atoms with van der Waals surface area (Å²) >= 11 is 0. The molecule has 1 aromatic carbocycles. The van der Waals surface area contributed by atoms with Crippen LogP contribution in [0.25, 0.3) is 0 Å². The predicted octanol–water partition coefficient (Wildman–Crippen LogP) is 2.50. The molecular formula is C18H20FN3O2. The number of aliphatic hydroxyl groups excluding tert-OH is 1. The van der Waals surface area contributed by atoms with Crippen molar-refractivity contribution in [3.63, 3.8) is 0 Å². The lowest BCUT2D eigenvalue weighted by Gasteiger charge is -2.25. The van der Waals surface area contributed by atoms with Gasteiger partial charge in [0, 0.05) is 19.3 Å². The van der Waals surface area contributed by atoms with Gasteiger partial charge in [0.15, 0.2) is 0 Å². The van der Waals surface area contributed by atoms with Gasteiger partial charge in [-0.15, -0.1) is 6.58 Å². The molecule has 1 aromatic heterocycles. The summed E-state index contributed by atoms with van der Waals surface area (Å²) in [6.45, 7) is 3.92. The van der Waals surface area contributed by atoms with Crippen LogP contribution in [-0.2, 0) is 0 Å². The van der Waals surface area contributed by atoms with E-state index in [-0.39, 0.29) is 25.0 Å². The number of pyridine rings is 1. The second kappa shape index (κ2) is 8.79. The molecule has 2 amide bonds. The van der Waals surface area contributed by atoms with E-state index < -0.39 is 6.04 Å². The van der Waals surface area contributed by atoms with Crippen LogP contribution in [0.3, 0.4) is 0 Å². The zero-order valence-electron chi connectivity index (χ0n) is 13.2. The molecule has 0 fully saturated rings. The number of aliphatic hydroxyl groups is 1. The smallest absolute Gasteiger partial charge is 0.318 e. The summed E-state index contributed by atoms with van der Waals surface area (Å²) in [7, 11) is 0. The highest BCUT2D eigenvalue weighted by atomic mass is 19.1. The number of nitrogens with one attached hydrogen (secondary N) is 1. The van der Waals surface area contributed by atoms with Crippen molar-refractivity contribution in [2.45, 2.75) is 6.04 Å². The fraction of sp³-hybridized carbons (Fsp3) is 0.222. The molecular weight excluding hydrogens is 309 g/mol. The third-order valence-corrected chi connectivity index (χ3v) is 3.44. The SMILES string of the molecule is C=CCN(CCO)C(=O)NC(c1cccc(F)c1)c1ccccn1. The molecule has 1 heterocycles. The van der Waals surface area contributed by atoms with Crippen LogP contribution in [0.15, 0.2) is 61.3 Å². The van der Waals surface area contributed by atoms with Gasteiger partial charge in [0.2, 0.25) is 0 Å². The molecule has 0 bridgehead atoms. The van der Waals surface area contributed by atoms with Crippen molar-refractivity contribution in [1.29, 1.82) is 0 Å². The van der Waals surface area contributed by atoms with Gasteiger partial charge in [-0.05, 0) is 29.8 Å². The van der Waals surface area contributed by atoms with Crippen LogP contribution < -0.4 is 5.32 Å². The maximum atomic E-state index is 13.6. The number of carbonyl (C=O) groups is 1. The van der Waals surface area contributed by atoms with Gasteiger partial charge in [0.1, 0.15) is 5.82 Å². The molecule has 0 aliphatic heterocycles. The van der Waals surface area contributed by atoms with Gasteiger partial charge in [0.05, 0.1) is 18.3 Å². The fourth-order valence-corrected chi connectivity index (χ4v) is 2.33. The Labute approximate surface area is 140 Å². The van der Waals surface area contributed by atoms with E-state index in [0.29, 0.717) is 17.8 Å². The zero-order valence-corrected chi connectivity index (χ0v) is 13.2. The van der Waals surface area contributed by atoms with Crippen LogP contribution in [0, 0.1) is 5.82 Å². The third-order valence-electron chi connectivity index (χ3n) is 3.44. The molecule has 126 valence electrons. The first kappa shape index (κ1) is 17.6. The Balaban J connectivity index is 2.29.